The second kappa shape index (κ2) is 7.03. The summed E-state index contributed by atoms with van der Waals surface area (Å²) in [6.45, 7) is 5.33. The highest BCUT2D eigenvalue weighted by molar-refractivity contribution is 5.80. The lowest BCUT2D eigenvalue weighted by molar-refractivity contribution is -0.141. The Hall–Kier alpha value is -2.98. The van der Waals surface area contributed by atoms with Crippen LogP contribution in [0.2, 0.25) is 0 Å². The first kappa shape index (κ1) is 21.3. The molecule has 0 aromatic carbocycles. The van der Waals surface area contributed by atoms with Crippen molar-refractivity contribution in [3.05, 3.63) is 29.6 Å². The molecule has 2 bridgehead atoms. The number of rotatable bonds is 2. The number of carbonyl (C=O) groups excluding carboxylic acids is 1. The summed E-state index contributed by atoms with van der Waals surface area (Å²) in [6.07, 6.45) is -0.268. The number of aromatic nitrogens is 4. The van der Waals surface area contributed by atoms with Crippen molar-refractivity contribution in [3.8, 4) is 5.82 Å². The molecule has 168 valence electrons. The highest BCUT2D eigenvalue weighted by atomic mass is 19.4. The van der Waals surface area contributed by atoms with Crippen molar-refractivity contribution in [1.29, 1.82) is 0 Å². The zero-order valence-corrected chi connectivity index (χ0v) is 17.8. The van der Waals surface area contributed by atoms with Gasteiger partial charge in [-0.05, 0) is 45.6 Å². The number of anilines is 1. The number of hydrogen-bond acceptors (Lipinski definition) is 5. The third-order valence-corrected chi connectivity index (χ3v) is 5.43. The standard InChI is InChI=1S/C20H25F3N6O2/c1-19(2,3)31-18(30)28-12-5-6-13(28)10-11(9-12)15-16(20(21,22)23)26-29(17(15)24)14-7-8-27(4)25-14/h7-9,12-13H,5-6,10,24H2,1-4H3/t12-,13-/m1/s1. The molecule has 2 aliphatic heterocycles. The van der Waals surface area contributed by atoms with Gasteiger partial charge in [0.05, 0.1) is 11.6 Å². The summed E-state index contributed by atoms with van der Waals surface area (Å²) < 4.78 is 49.5. The first-order valence-electron chi connectivity index (χ1n) is 10.0. The van der Waals surface area contributed by atoms with E-state index in [1.807, 2.05) is 0 Å². The molecule has 2 N–H and O–H groups in total. The number of nitrogens with two attached hydrogens (primary N) is 1. The molecule has 0 spiro atoms. The second-order valence-electron chi connectivity index (χ2n) is 8.95. The first-order chi connectivity index (χ1) is 14.3. The first-order valence-corrected chi connectivity index (χ1v) is 10.0. The predicted molar refractivity (Wildman–Crippen MR) is 107 cm³/mol. The summed E-state index contributed by atoms with van der Waals surface area (Å²) in [6, 6.07) is 0.942. The average Bonchev–Trinajstić information content (AvgIpc) is 3.27. The highest BCUT2D eigenvalue weighted by Gasteiger charge is 2.45. The van der Waals surface area contributed by atoms with Gasteiger partial charge in [0.15, 0.2) is 11.5 Å². The Bertz CT molecular complexity index is 1050. The fourth-order valence-electron chi connectivity index (χ4n) is 4.25. The van der Waals surface area contributed by atoms with Gasteiger partial charge < -0.3 is 10.5 Å². The van der Waals surface area contributed by atoms with Crippen LogP contribution in [-0.4, -0.2) is 48.2 Å². The molecule has 2 aromatic heterocycles. The summed E-state index contributed by atoms with van der Waals surface area (Å²) in [5, 5.41) is 7.87. The number of alkyl halides is 3. The number of hydrogen-bond donors (Lipinski definition) is 1. The molecule has 2 aromatic rings. The minimum atomic E-state index is -4.69. The lowest BCUT2D eigenvalue weighted by atomic mass is 9.94. The third kappa shape index (κ3) is 3.88. The number of halogens is 3. The second-order valence-corrected chi connectivity index (χ2v) is 8.95. The van der Waals surface area contributed by atoms with Crippen LogP contribution in [0.15, 0.2) is 18.3 Å². The summed E-state index contributed by atoms with van der Waals surface area (Å²) in [7, 11) is 1.65. The number of carbonyl (C=O) groups is 1. The molecule has 2 atom stereocenters. The topological polar surface area (TPSA) is 91.2 Å². The molecule has 4 rings (SSSR count). The van der Waals surface area contributed by atoms with E-state index in [0.29, 0.717) is 18.4 Å². The van der Waals surface area contributed by atoms with Crippen LogP contribution < -0.4 is 5.73 Å². The van der Waals surface area contributed by atoms with Crippen molar-refractivity contribution in [2.45, 2.75) is 63.9 Å². The lowest BCUT2D eigenvalue weighted by Crippen LogP contribution is -2.45. The zero-order valence-electron chi connectivity index (χ0n) is 17.8. The minimum absolute atomic E-state index is 0.123. The molecule has 1 fully saturated rings. The maximum absolute atomic E-state index is 13.8. The van der Waals surface area contributed by atoms with Crippen LogP contribution in [0.4, 0.5) is 23.8 Å². The van der Waals surface area contributed by atoms with E-state index in [-0.39, 0.29) is 35.7 Å². The molecule has 0 aliphatic carbocycles. The third-order valence-electron chi connectivity index (χ3n) is 5.43. The Morgan fingerprint density at radius 1 is 1.23 bits per heavy atom. The summed E-state index contributed by atoms with van der Waals surface area (Å²) in [5.74, 6) is 0.0777. The van der Waals surface area contributed by atoms with Crippen molar-refractivity contribution < 1.29 is 22.7 Å². The van der Waals surface area contributed by atoms with Crippen LogP contribution >= 0.6 is 0 Å². The number of aryl methyl sites for hydroxylation is 1. The van der Waals surface area contributed by atoms with E-state index < -0.39 is 23.6 Å². The maximum Gasteiger partial charge on any atom is 0.435 e. The van der Waals surface area contributed by atoms with E-state index in [9.17, 15) is 18.0 Å². The number of amides is 1. The lowest BCUT2D eigenvalue weighted by Gasteiger charge is -2.35. The number of nitrogen functional groups attached to an aromatic ring is 1. The Kier molecular flexibility index (Phi) is 4.82. The maximum atomic E-state index is 13.8. The average molecular weight is 438 g/mol. The van der Waals surface area contributed by atoms with E-state index in [1.165, 1.54) is 10.7 Å². The number of nitrogens with zero attached hydrogens (tertiary/aromatic N) is 5. The van der Waals surface area contributed by atoms with E-state index in [2.05, 4.69) is 10.2 Å². The molecule has 31 heavy (non-hydrogen) atoms. The smallest absolute Gasteiger partial charge is 0.435 e. The predicted octanol–water partition coefficient (Wildman–Crippen LogP) is 3.76. The SMILES string of the molecule is Cn1ccc(-n2nc(C(F)(F)F)c(C3=C[C@H]4CC[C@H](C3)N4C(=O)OC(C)(C)C)c2N)n1. The monoisotopic (exact) mass is 438 g/mol. The van der Waals surface area contributed by atoms with Crippen LogP contribution in [0.25, 0.3) is 11.4 Å². The van der Waals surface area contributed by atoms with Gasteiger partial charge in [-0.2, -0.15) is 28.1 Å². The largest absolute Gasteiger partial charge is 0.444 e. The van der Waals surface area contributed by atoms with E-state index in [1.54, 1.807) is 45.0 Å². The Balaban J connectivity index is 1.74. The molecule has 2 aliphatic rings. The van der Waals surface area contributed by atoms with Crippen molar-refractivity contribution >= 4 is 17.5 Å². The highest BCUT2D eigenvalue weighted by Crippen LogP contribution is 2.45. The molecule has 11 heteroatoms. The molecule has 1 saturated heterocycles. The molecular formula is C20H25F3N6O2. The van der Waals surface area contributed by atoms with Crippen molar-refractivity contribution in [1.82, 2.24) is 24.5 Å². The summed E-state index contributed by atoms with van der Waals surface area (Å²) >= 11 is 0. The fourth-order valence-corrected chi connectivity index (χ4v) is 4.25. The van der Waals surface area contributed by atoms with Gasteiger partial charge >= 0.3 is 12.3 Å². The molecule has 0 saturated carbocycles. The Morgan fingerprint density at radius 3 is 2.48 bits per heavy atom. The van der Waals surface area contributed by atoms with Crippen LogP contribution in [0, 0.1) is 0 Å². The summed E-state index contributed by atoms with van der Waals surface area (Å²) in [4.78, 5) is 14.3. The van der Waals surface area contributed by atoms with Crippen molar-refractivity contribution in [3.63, 3.8) is 0 Å². The normalized spacial score (nSPS) is 21.4. The molecule has 0 unspecified atom stereocenters. The van der Waals surface area contributed by atoms with Gasteiger partial charge in [-0.25, -0.2) is 4.79 Å². The summed E-state index contributed by atoms with van der Waals surface area (Å²) in [5.41, 5.74) is 4.77. The Labute approximate surface area is 177 Å². The molecule has 1 amide bonds. The number of fused-ring (bicyclic) bond motifs is 2. The van der Waals surface area contributed by atoms with Gasteiger partial charge in [-0.1, -0.05) is 6.08 Å². The van der Waals surface area contributed by atoms with Gasteiger partial charge in [0.25, 0.3) is 0 Å². The van der Waals surface area contributed by atoms with E-state index in [0.717, 1.165) is 4.68 Å². The van der Waals surface area contributed by atoms with Crippen molar-refractivity contribution in [2.75, 3.05) is 5.73 Å². The molecule has 4 heterocycles. The van der Waals surface area contributed by atoms with Crippen LogP contribution in [-0.2, 0) is 18.0 Å². The van der Waals surface area contributed by atoms with Gasteiger partial charge in [-0.3, -0.25) is 9.58 Å². The van der Waals surface area contributed by atoms with Gasteiger partial charge in [-0.15, -0.1) is 0 Å². The molecule has 8 nitrogen and oxygen atoms in total. The zero-order chi connectivity index (χ0) is 22.7. The van der Waals surface area contributed by atoms with Crippen molar-refractivity contribution in [2.24, 2.45) is 7.05 Å². The van der Waals surface area contributed by atoms with Crippen LogP contribution in [0.3, 0.4) is 0 Å². The molecular weight excluding hydrogens is 413 g/mol. The van der Waals surface area contributed by atoms with E-state index in [4.69, 9.17) is 10.5 Å². The fraction of sp³-hybridized carbons (Fsp3) is 0.550. The van der Waals surface area contributed by atoms with Gasteiger partial charge in [0, 0.05) is 25.4 Å². The van der Waals surface area contributed by atoms with Crippen LogP contribution in [0.1, 0.15) is 51.3 Å². The molecule has 0 radical (unpaired) electrons. The van der Waals surface area contributed by atoms with Crippen LogP contribution in [0.5, 0.6) is 0 Å². The minimum Gasteiger partial charge on any atom is -0.444 e. The van der Waals surface area contributed by atoms with Gasteiger partial charge in [0.1, 0.15) is 11.4 Å². The van der Waals surface area contributed by atoms with Gasteiger partial charge in [0.2, 0.25) is 0 Å². The quantitative estimate of drug-likeness (QED) is 0.771. The Morgan fingerprint density at radius 2 is 1.94 bits per heavy atom. The van der Waals surface area contributed by atoms with E-state index >= 15 is 0 Å². The number of ether oxygens (including phenoxy) is 1.